The largest absolute Gasteiger partial charge is 0.293 e. The molecule has 10 rings (SSSR count). The summed E-state index contributed by atoms with van der Waals surface area (Å²) >= 11 is 7.22. The van der Waals surface area contributed by atoms with E-state index in [1.807, 2.05) is 22.7 Å². The Morgan fingerprint density at radius 3 is 0.764 bits per heavy atom. The molecule has 0 fully saturated rings. The van der Waals surface area contributed by atoms with Crippen molar-refractivity contribution in [1.29, 1.82) is 0 Å². The molecule has 0 aliphatic carbocycles. The van der Waals surface area contributed by atoms with Crippen LogP contribution >= 0.6 is 45.3 Å². The van der Waals surface area contributed by atoms with E-state index >= 15 is 0 Å². The van der Waals surface area contributed by atoms with Gasteiger partial charge in [0.25, 0.3) is 0 Å². The number of nitrogens with zero attached hydrogens (tertiary/aromatic N) is 4. The van der Waals surface area contributed by atoms with Gasteiger partial charge in [-0.1, -0.05) is 142 Å². The lowest BCUT2D eigenvalue weighted by Crippen LogP contribution is -2.08. The van der Waals surface area contributed by atoms with E-state index in [1.165, 1.54) is 11.1 Å². The standard InChI is InChI=1S/C47H34N4S4/c1-5-13-34(14-6-1)33-35-21-23-39(24-22-35)51-46-31-29-44(54-46)49(37-17-9-3-10-18-37)42-27-25-40(52-42)48(36-15-7-2-8-16-36)41-26-28-43(53-41)50(38-19-11-4-12-20-38)45-30-32-47(51)55-45/h1-32H,33H2. The van der Waals surface area contributed by atoms with E-state index in [1.54, 1.807) is 22.7 Å². The number of hydrogen-bond donors (Lipinski definition) is 0. The van der Waals surface area contributed by atoms with Gasteiger partial charge in [0.15, 0.2) is 0 Å². The van der Waals surface area contributed by atoms with Crippen molar-refractivity contribution in [3.8, 4) is 0 Å². The number of fused-ring (bicyclic) bond motifs is 8. The zero-order chi connectivity index (χ0) is 36.6. The van der Waals surface area contributed by atoms with Gasteiger partial charge in [-0.2, -0.15) is 0 Å². The molecular formula is C47H34N4S4. The Bertz CT molecular complexity index is 2520. The van der Waals surface area contributed by atoms with Gasteiger partial charge in [0.05, 0.1) is 0 Å². The lowest BCUT2D eigenvalue weighted by atomic mass is 10.0. The van der Waals surface area contributed by atoms with Crippen LogP contribution in [0.5, 0.6) is 0 Å². The maximum atomic E-state index is 2.42. The van der Waals surface area contributed by atoms with Gasteiger partial charge in [-0.05, 0) is 115 Å². The normalized spacial score (nSPS) is 12.7. The number of rotatable bonds is 6. The monoisotopic (exact) mass is 782 g/mol. The molecule has 0 saturated carbocycles. The summed E-state index contributed by atoms with van der Waals surface area (Å²) in [6.07, 6.45) is 0.902. The van der Waals surface area contributed by atoms with E-state index in [-0.39, 0.29) is 0 Å². The van der Waals surface area contributed by atoms with Gasteiger partial charge in [-0.3, -0.25) is 19.6 Å². The Hall–Kier alpha value is -5.90. The van der Waals surface area contributed by atoms with Crippen molar-refractivity contribution in [2.24, 2.45) is 0 Å². The molecule has 1 aliphatic rings. The number of anilines is 12. The topological polar surface area (TPSA) is 13.0 Å². The molecule has 1 aliphatic heterocycles. The predicted molar refractivity (Wildman–Crippen MR) is 239 cm³/mol. The van der Waals surface area contributed by atoms with Crippen LogP contribution in [0.2, 0.25) is 0 Å². The smallest absolute Gasteiger partial charge is 0.103 e. The van der Waals surface area contributed by atoms with Gasteiger partial charge in [-0.25, -0.2) is 0 Å². The van der Waals surface area contributed by atoms with E-state index in [4.69, 9.17) is 0 Å². The van der Waals surface area contributed by atoms with Gasteiger partial charge < -0.3 is 0 Å². The molecule has 0 radical (unpaired) electrons. The SMILES string of the molecule is c1ccc(Cc2ccc(N3c4ccc(s4)N(c4ccccc4)c4ccc(s4)N(c4ccccc4)c4ccc(s4)N(c4ccccc4)c4ccc3s4)cc2)cc1. The molecule has 9 aromatic rings. The molecule has 5 aromatic carbocycles. The average Bonchev–Trinajstić information content (AvgIpc) is 4.08. The molecule has 5 heterocycles. The number of thiophene rings is 4. The summed E-state index contributed by atoms with van der Waals surface area (Å²) in [5.74, 6) is 0. The predicted octanol–water partition coefficient (Wildman–Crippen LogP) is 15.7. The summed E-state index contributed by atoms with van der Waals surface area (Å²) in [6, 6.07) is 70.1. The van der Waals surface area contributed by atoms with Crippen LogP contribution in [0.4, 0.5) is 62.8 Å². The van der Waals surface area contributed by atoms with Crippen LogP contribution in [-0.4, -0.2) is 0 Å². The Balaban J connectivity index is 1.16. The number of hydrogen-bond acceptors (Lipinski definition) is 8. The lowest BCUT2D eigenvalue weighted by Gasteiger charge is -2.25. The Morgan fingerprint density at radius 1 is 0.236 bits per heavy atom. The van der Waals surface area contributed by atoms with E-state index in [2.05, 4.69) is 214 Å². The summed E-state index contributed by atoms with van der Waals surface area (Å²) in [4.78, 5) is 9.61. The highest BCUT2D eigenvalue weighted by atomic mass is 32.1. The number of benzene rings is 5. The second kappa shape index (κ2) is 14.7. The zero-order valence-electron chi connectivity index (χ0n) is 29.6. The van der Waals surface area contributed by atoms with Crippen LogP contribution in [-0.2, 0) is 6.42 Å². The van der Waals surface area contributed by atoms with Crippen molar-refractivity contribution in [3.05, 3.63) is 205 Å². The van der Waals surface area contributed by atoms with Crippen molar-refractivity contribution in [1.82, 2.24) is 0 Å². The third kappa shape index (κ3) is 6.64. The quantitative estimate of drug-likeness (QED) is 0.167. The summed E-state index contributed by atoms with van der Waals surface area (Å²) in [7, 11) is 0. The van der Waals surface area contributed by atoms with Gasteiger partial charge in [0, 0.05) is 22.7 Å². The van der Waals surface area contributed by atoms with Gasteiger partial charge >= 0.3 is 0 Å². The van der Waals surface area contributed by atoms with Crippen LogP contribution in [0.25, 0.3) is 0 Å². The maximum absolute atomic E-state index is 2.42. The molecule has 8 bridgehead atoms. The van der Waals surface area contributed by atoms with Crippen molar-refractivity contribution in [2.45, 2.75) is 6.42 Å². The van der Waals surface area contributed by atoms with Crippen LogP contribution in [0, 0.1) is 0 Å². The molecule has 0 atom stereocenters. The maximum Gasteiger partial charge on any atom is 0.103 e. The van der Waals surface area contributed by atoms with Gasteiger partial charge in [-0.15, -0.1) is 0 Å². The zero-order valence-corrected chi connectivity index (χ0v) is 32.9. The molecule has 266 valence electrons. The minimum atomic E-state index is 0.902. The third-order valence-corrected chi connectivity index (χ3v) is 13.8. The minimum Gasteiger partial charge on any atom is -0.293 e. The highest BCUT2D eigenvalue weighted by Gasteiger charge is 2.26. The molecule has 0 spiro atoms. The fourth-order valence-corrected chi connectivity index (χ4v) is 11.5. The third-order valence-electron chi connectivity index (χ3n) is 9.56. The van der Waals surface area contributed by atoms with Crippen LogP contribution < -0.4 is 19.6 Å². The minimum absolute atomic E-state index is 0.902. The summed E-state index contributed by atoms with van der Waals surface area (Å²) in [5, 5.41) is 9.22. The van der Waals surface area contributed by atoms with Crippen LogP contribution in [0.15, 0.2) is 194 Å². The molecular weight excluding hydrogens is 749 g/mol. The molecule has 0 unspecified atom stereocenters. The van der Waals surface area contributed by atoms with Gasteiger partial charge in [0.1, 0.15) is 40.0 Å². The molecule has 0 N–H and O–H groups in total. The summed E-state index contributed by atoms with van der Waals surface area (Å²) in [5.41, 5.74) is 7.12. The first-order chi connectivity index (χ1) is 27.2. The summed E-state index contributed by atoms with van der Waals surface area (Å²) in [6.45, 7) is 0. The number of para-hydroxylation sites is 3. The van der Waals surface area contributed by atoms with Crippen molar-refractivity contribution >= 4 is 108 Å². The van der Waals surface area contributed by atoms with Crippen molar-refractivity contribution in [2.75, 3.05) is 19.6 Å². The van der Waals surface area contributed by atoms with E-state index in [0.717, 1.165) is 69.2 Å². The molecule has 4 aromatic heterocycles. The molecule has 8 heteroatoms. The Kier molecular flexibility index (Phi) is 9.02. The molecule has 0 saturated heterocycles. The fraction of sp³-hybridized carbons (Fsp3) is 0.0213. The first-order valence-corrected chi connectivity index (χ1v) is 21.4. The van der Waals surface area contributed by atoms with E-state index in [0.29, 0.717) is 0 Å². The summed E-state index contributed by atoms with van der Waals surface area (Å²) < 4.78 is 0. The second-order valence-electron chi connectivity index (χ2n) is 13.1. The molecule has 0 amide bonds. The van der Waals surface area contributed by atoms with Gasteiger partial charge in [0.2, 0.25) is 0 Å². The second-order valence-corrected chi connectivity index (χ2v) is 17.3. The Labute approximate surface area is 337 Å². The van der Waals surface area contributed by atoms with E-state index < -0.39 is 0 Å². The highest BCUT2D eigenvalue weighted by Crippen LogP contribution is 2.54. The van der Waals surface area contributed by atoms with Crippen molar-refractivity contribution in [3.63, 3.8) is 0 Å². The average molecular weight is 783 g/mol. The Morgan fingerprint density at radius 2 is 0.473 bits per heavy atom. The van der Waals surface area contributed by atoms with E-state index in [9.17, 15) is 0 Å². The van der Waals surface area contributed by atoms with Crippen LogP contribution in [0.3, 0.4) is 0 Å². The first-order valence-electron chi connectivity index (χ1n) is 18.1. The van der Waals surface area contributed by atoms with Crippen molar-refractivity contribution < 1.29 is 0 Å². The lowest BCUT2D eigenvalue weighted by molar-refractivity contribution is 1.19. The highest BCUT2D eigenvalue weighted by molar-refractivity contribution is 7.25. The molecule has 4 nitrogen and oxygen atoms in total. The van der Waals surface area contributed by atoms with Crippen LogP contribution in [0.1, 0.15) is 11.1 Å². The fourth-order valence-electron chi connectivity index (χ4n) is 7.01. The first kappa shape index (κ1) is 33.7. The molecule has 55 heavy (non-hydrogen) atoms.